The van der Waals surface area contributed by atoms with Crippen LogP contribution >= 0.6 is 34.3 Å². The highest BCUT2D eigenvalue weighted by molar-refractivity contribution is 7.16. The molecule has 1 fully saturated rings. The van der Waals surface area contributed by atoms with Gasteiger partial charge in [-0.2, -0.15) is 0 Å². The number of halogens is 1. The molecular weight excluding hydrogens is 322 g/mol. The first-order valence-corrected chi connectivity index (χ1v) is 9.54. The molecule has 21 heavy (non-hydrogen) atoms. The number of aliphatic hydroxyl groups is 1. The summed E-state index contributed by atoms with van der Waals surface area (Å²) in [6, 6.07) is 8.58. The molecule has 3 rings (SSSR count). The van der Waals surface area contributed by atoms with E-state index in [4.69, 9.17) is 11.6 Å². The minimum absolute atomic E-state index is 0.139. The quantitative estimate of drug-likeness (QED) is 0.780. The molecule has 2 aromatic rings. The van der Waals surface area contributed by atoms with E-state index in [1.807, 2.05) is 6.07 Å². The van der Waals surface area contributed by atoms with E-state index in [2.05, 4.69) is 28.9 Å². The topological polar surface area (TPSA) is 32.3 Å². The predicted molar refractivity (Wildman–Crippen MR) is 91.5 cm³/mol. The largest absolute Gasteiger partial charge is 0.392 e. The van der Waals surface area contributed by atoms with E-state index < -0.39 is 0 Å². The average Bonchev–Trinajstić information content (AvgIpc) is 3.09. The molecule has 0 radical (unpaired) electrons. The molecule has 2 N–H and O–H groups in total. The van der Waals surface area contributed by atoms with Crippen molar-refractivity contribution in [1.82, 2.24) is 5.32 Å². The van der Waals surface area contributed by atoms with Crippen LogP contribution in [-0.4, -0.2) is 17.3 Å². The number of aliphatic hydroxyl groups excluding tert-OH is 1. The van der Waals surface area contributed by atoms with Crippen LogP contribution in [0, 0.1) is 0 Å². The number of hydrogen-bond acceptors (Lipinski definition) is 4. The molecule has 2 aromatic heterocycles. The maximum atomic E-state index is 10.4. The summed E-state index contributed by atoms with van der Waals surface area (Å²) in [6.07, 6.45) is 5.25. The van der Waals surface area contributed by atoms with E-state index in [1.165, 1.54) is 22.6 Å². The van der Waals surface area contributed by atoms with Gasteiger partial charge in [0.25, 0.3) is 0 Å². The lowest BCUT2D eigenvalue weighted by atomic mass is 10.0. The first kappa shape index (κ1) is 15.5. The number of rotatable bonds is 4. The highest BCUT2D eigenvalue weighted by Crippen LogP contribution is 2.34. The van der Waals surface area contributed by atoms with Crippen molar-refractivity contribution in [3.8, 4) is 0 Å². The van der Waals surface area contributed by atoms with Crippen molar-refractivity contribution in [3.63, 3.8) is 0 Å². The normalized spacial score (nSPS) is 24.7. The summed E-state index contributed by atoms with van der Waals surface area (Å²) in [5, 5.41) is 16.2. The number of nitrogens with one attached hydrogen (secondary N) is 1. The second-order valence-corrected chi connectivity index (χ2v) is 8.29. The Labute approximate surface area is 138 Å². The van der Waals surface area contributed by atoms with Crippen molar-refractivity contribution in [2.24, 2.45) is 0 Å². The van der Waals surface area contributed by atoms with Gasteiger partial charge in [-0.25, -0.2) is 0 Å². The molecule has 2 heterocycles. The molecule has 5 heteroatoms. The van der Waals surface area contributed by atoms with E-state index in [9.17, 15) is 5.11 Å². The van der Waals surface area contributed by atoms with Crippen molar-refractivity contribution in [3.05, 3.63) is 43.7 Å². The number of hydrogen-bond donors (Lipinski definition) is 2. The fourth-order valence-corrected chi connectivity index (χ4v) is 4.96. The molecule has 2 nitrogen and oxygen atoms in total. The Bertz CT molecular complexity index is 554. The third kappa shape index (κ3) is 3.88. The molecule has 3 atom stereocenters. The minimum Gasteiger partial charge on any atom is -0.392 e. The molecule has 0 aromatic carbocycles. The predicted octanol–water partition coefficient (Wildman–Crippen LogP) is 4.84. The standard InChI is InChI=1S/C16H20ClNOS2/c17-15-9-8-14(21-15)16(13-7-4-10-20-13)18-11-5-2-1-3-6-12(11)19/h4,7-12,16,18-19H,1-3,5-6H2. The van der Waals surface area contributed by atoms with Crippen molar-refractivity contribution in [2.75, 3.05) is 0 Å². The van der Waals surface area contributed by atoms with Gasteiger partial charge in [-0.05, 0) is 36.4 Å². The van der Waals surface area contributed by atoms with E-state index in [1.54, 1.807) is 22.7 Å². The Hall–Kier alpha value is -0.390. The van der Waals surface area contributed by atoms with Crippen molar-refractivity contribution < 1.29 is 5.11 Å². The van der Waals surface area contributed by atoms with Crippen LogP contribution in [0.3, 0.4) is 0 Å². The van der Waals surface area contributed by atoms with Gasteiger partial charge in [-0.3, -0.25) is 5.32 Å². The monoisotopic (exact) mass is 341 g/mol. The third-order valence-corrected chi connectivity index (χ3v) is 6.30. The lowest BCUT2D eigenvalue weighted by molar-refractivity contribution is 0.116. The van der Waals surface area contributed by atoms with Gasteiger partial charge in [0.05, 0.1) is 16.5 Å². The summed E-state index contributed by atoms with van der Waals surface area (Å²) in [6.45, 7) is 0. The van der Waals surface area contributed by atoms with Crippen LogP contribution in [0.2, 0.25) is 4.34 Å². The molecule has 0 amide bonds. The molecule has 0 saturated heterocycles. The maximum absolute atomic E-state index is 10.4. The van der Waals surface area contributed by atoms with Gasteiger partial charge in [-0.15, -0.1) is 22.7 Å². The van der Waals surface area contributed by atoms with Gasteiger partial charge >= 0.3 is 0 Å². The molecule has 0 spiro atoms. The van der Waals surface area contributed by atoms with E-state index in [-0.39, 0.29) is 18.2 Å². The molecule has 0 aliphatic heterocycles. The number of thiophene rings is 2. The highest BCUT2D eigenvalue weighted by Gasteiger charge is 2.26. The van der Waals surface area contributed by atoms with Gasteiger partial charge < -0.3 is 5.11 Å². The van der Waals surface area contributed by atoms with Crippen molar-refractivity contribution in [2.45, 2.75) is 50.3 Å². The lowest BCUT2D eigenvalue weighted by Crippen LogP contribution is -2.41. The third-order valence-electron chi connectivity index (χ3n) is 4.07. The van der Waals surface area contributed by atoms with Crippen LogP contribution in [0.4, 0.5) is 0 Å². The van der Waals surface area contributed by atoms with Crippen LogP contribution in [-0.2, 0) is 0 Å². The molecule has 3 unspecified atom stereocenters. The zero-order valence-electron chi connectivity index (χ0n) is 11.8. The van der Waals surface area contributed by atoms with E-state index >= 15 is 0 Å². The molecular formula is C16H20ClNOS2. The van der Waals surface area contributed by atoms with Crippen molar-refractivity contribution in [1.29, 1.82) is 0 Å². The van der Waals surface area contributed by atoms with Gasteiger partial charge in [-0.1, -0.05) is 36.9 Å². The zero-order chi connectivity index (χ0) is 14.7. The van der Waals surface area contributed by atoms with Gasteiger partial charge in [0.15, 0.2) is 0 Å². The second kappa shape index (κ2) is 7.25. The molecule has 114 valence electrons. The first-order valence-electron chi connectivity index (χ1n) is 7.47. The maximum Gasteiger partial charge on any atom is 0.0931 e. The van der Waals surface area contributed by atoms with Crippen LogP contribution < -0.4 is 5.32 Å². The molecule has 1 aliphatic carbocycles. The van der Waals surface area contributed by atoms with Gasteiger partial charge in [0, 0.05) is 15.8 Å². The smallest absolute Gasteiger partial charge is 0.0931 e. The first-order chi connectivity index (χ1) is 10.2. The molecule has 0 bridgehead atoms. The average molecular weight is 342 g/mol. The minimum atomic E-state index is -0.245. The SMILES string of the molecule is OC1CCCCCC1NC(c1cccs1)c1ccc(Cl)s1. The fraction of sp³-hybridized carbons (Fsp3) is 0.500. The van der Waals surface area contributed by atoms with Gasteiger partial charge in [0.2, 0.25) is 0 Å². The van der Waals surface area contributed by atoms with E-state index in [0.29, 0.717) is 0 Å². The van der Waals surface area contributed by atoms with Crippen LogP contribution in [0.25, 0.3) is 0 Å². The zero-order valence-corrected chi connectivity index (χ0v) is 14.2. The van der Waals surface area contributed by atoms with Crippen LogP contribution in [0.15, 0.2) is 29.6 Å². The summed E-state index contributed by atoms with van der Waals surface area (Å²) in [4.78, 5) is 2.50. The summed E-state index contributed by atoms with van der Waals surface area (Å²) in [5.41, 5.74) is 0. The van der Waals surface area contributed by atoms with Crippen LogP contribution in [0.5, 0.6) is 0 Å². The Morgan fingerprint density at radius 3 is 2.71 bits per heavy atom. The fourth-order valence-electron chi connectivity index (χ4n) is 2.94. The Morgan fingerprint density at radius 2 is 2.00 bits per heavy atom. The van der Waals surface area contributed by atoms with E-state index in [0.717, 1.165) is 23.6 Å². The summed E-state index contributed by atoms with van der Waals surface area (Å²) in [7, 11) is 0. The molecule has 1 saturated carbocycles. The van der Waals surface area contributed by atoms with Gasteiger partial charge in [0.1, 0.15) is 0 Å². The summed E-state index contributed by atoms with van der Waals surface area (Å²) >= 11 is 9.47. The van der Waals surface area contributed by atoms with Crippen LogP contribution in [0.1, 0.15) is 47.9 Å². The lowest BCUT2D eigenvalue weighted by Gasteiger charge is -2.27. The second-order valence-electron chi connectivity index (χ2n) is 5.57. The summed E-state index contributed by atoms with van der Waals surface area (Å²) < 4.78 is 0.815. The highest BCUT2D eigenvalue weighted by atomic mass is 35.5. The summed E-state index contributed by atoms with van der Waals surface area (Å²) in [5.74, 6) is 0. The Balaban J connectivity index is 1.82. The molecule has 1 aliphatic rings. The Kier molecular flexibility index (Phi) is 5.35. The Morgan fingerprint density at radius 1 is 1.14 bits per heavy atom. The van der Waals surface area contributed by atoms with Crippen molar-refractivity contribution >= 4 is 34.3 Å².